The molecule has 1 heterocycles. The minimum atomic E-state index is -3.55. The second-order valence-electron chi connectivity index (χ2n) is 7.77. The second kappa shape index (κ2) is 9.68. The van der Waals surface area contributed by atoms with Crippen molar-refractivity contribution in [1.29, 1.82) is 0 Å². The van der Waals surface area contributed by atoms with Gasteiger partial charge in [0.05, 0.1) is 18.5 Å². The average Bonchev–Trinajstić information content (AvgIpc) is 3.21. The zero-order chi connectivity index (χ0) is 23.4. The molecule has 0 spiro atoms. The van der Waals surface area contributed by atoms with E-state index in [0.29, 0.717) is 34.8 Å². The summed E-state index contributed by atoms with van der Waals surface area (Å²) in [6, 6.07) is 21.7. The number of halogens is 1. The fourth-order valence-corrected chi connectivity index (χ4v) is 4.79. The smallest absolute Gasteiger partial charge is 0.251 e. The Balaban J connectivity index is 1.42. The number of H-pyrrole nitrogens is 1. The number of amides is 1. The van der Waals surface area contributed by atoms with Crippen LogP contribution in [0.25, 0.3) is 10.9 Å². The Morgan fingerprint density at radius 3 is 2.39 bits per heavy atom. The number of benzene rings is 3. The lowest BCUT2D eigenvalue weighted by Gasteiger charge is -2.23. The summed E-state index contributed by atoms with van der Waals surface area (Å²) in [5.74, 6) is -0.210. The first kappa shape index (κ1) is 22.9. The van der Waals surface area contributed by atoms with Crippen molar-refractivity contribution < 1.29 is 13.2 Å². The number of hydrogen-bond acceptors (Lipinski definition) is 3. The third-order valence-corrected chi connectivity index (χ3v) is 6.95. The summed E-state index contributed by atoms with van der Waals surface area (Å²) in [4.78, 5) is 15.8. The van der Waals surface area contributed by atoms with Crippen LogP contribution in [0.1, 0.15) is 21.5 Å². The summed E-state index contributed by atoms with van der Waals surface area (Å²) in [6.45, 7) is 0.596. The molecule has 170 valence electrons. The number of aromatic nitrogens is 1. The van der Waals surface area contributed by atoms with Crippen molar-refractivity contribution in [2.45, 2.75) is 13.0 Å². The zero-order valence-electron chi connectivity index (χ0n) is 18.1. The predicted molar refractivity (Wildman–Crippen MR) is 133 cm³/mol. The lowest BCUT2D eigenvalue weighted by Crippen LogP contribution is -2.29. The summed E-state index contributed by atoms with van der Waals surface area (Å²) in [6.07, 6.45) is 3.81. The molecular weight excluding hydrogens is 458 g/mol. The molecule has 0 fully saturated rings. The molecule has 0 aliphatic carbocycles. The van der Waals surface area contributed by atoms with Crippen LogP contribution >= 0.6 is 11.6 Å². The number of nitrogens with one attached hydrogen (secondary N) is 2. The van der Waals surface area contributed by atoms with E-state index in [4.69, 9.17) is 11.6 Å². The van der Waals surface area contributed by atoms with Crippen molar-refractivity contribution in [2.24, 2.45) is 0 Å². The first-order valence-corrected chi connectivity index (χ1v) is 12.7. The first-order valence-electron chi connectivity index (χ1n) is 10.5. The largest absolute Gasteiger partial charge is 0.361 e. The highest BCUT2D eigenvalue weighted by Gasteiger charge is 2.19. The molecule has 0 saturated heterocycles. The Labute approximate surface area is 198 Å². The highest BCUT2D eigenvalue weighted by molar-refractivity contribution is 7.92. The Hall–Kier alpha value is -3.29. The molecule has 1 amide bonds. The van der Waals surface area contributed by atoms with E-state index in [2.05, 4.69) is 16.4 Å². The monoisotopic (exact) mass is 481 g/mol. The van der Waals surface area contributed by atoms with Gasteiger partial charge in [0, 0.05) is 34.2 Å². The summed E-state index contributed by atoms with van der Waals surface area (Å²) in [7, 11) is -3.55. The van der Waals surface area contributed by atoms with Gasteiger partial charge in [0.25, 0.3) is 5.91 Å². The van der Waals surface area contributed by atoms with Gasteiger partial charge in [-0.15, -0.1) is 0 Å². The summed E-state index contributed by atoms with van der Waals surface area (Å²) in [5, 5.41) is 4.57. The van der Waals surface area contributed by atoms with Crippen LogP contribution in [0.3, 0.4) is 0 Å². The minimum Gasteiger partial charge on any atom is -0.361 e. The molecule has 4 aromatic rings. The fourth-order valence-electron chi connectivity index (χ4n) is 3.71. The number of aromatic amines is 1. The Morgan fingerprint density at radius 2 is 1.67 bits per heavy atom. The molecule has 0 bridgehead atoms. The number of para-hydroxylation sites is 1. The molecule has 0 atom stereocenters. The zero-order valence-corrected chi connectivity index (χ0v) is 19.7. The molecule has 0 saturated carbocycles. The van der Waals surface area contributed by atoms with Gasteiger partial charge in [0.1, 0.15) is 0 Å². The molecule has 6 nitrogen and oxygen atoms in total. The molecule has 33 heavy (non-hydrogen) atoms. The maximum atomic E-state index is 12.6. The maximum Gasteiger partial charge on any atom is 0.251 e. The molecule has 3 aromatic carbocycles. The summed E-state index contributed by atoms with van der Waals surface area (Å²) in [5.41, 5.74) is 3.84. The van der Waals surface area contributed by atoms with Crippen molar-refractivity contribution in [3.8, 4) is 0 Å². The van der Waals surface area contributed by atoms with E-state index in [1.807, 2.05) is 30.5 Å². The van der Waals surface area contributed by atoms with E-state index >= 15 is 0 Å². The highest BCUT2D eigenvalue weighted by Crippen LogP contribution is 2.24. The fraction of sp³-hybridized carbons (Fsp3) is 0.160. The van der Waals surface area contributed by atoms with Gasteiger partial charge in [0.2, 0.25) is 10.0 Å². The standard InChI is InChI=1S/C25H24ClN3O3S/c1-33(31,32)29(17-20-6-2-4-8-23(20)26)21-12-10-18(11-13-21)25(30)27-15-14-19-16-28-24-9-5-3-7-22(19)24/h2-13,16,28H,14-15,17H2,1H3,(H,27,30). The molecule has 0 aliphatic heterocycles. The van der Waals surface area contributed by atoms with Crippen LogP contribution in [-0.2, 0) is 23.0 Å². The van der Waals surface area contributed by atoms with E-state index in [-0.39, 0.29) is 12.5 Å². The maximum absolute atomic E-state index is 12.6. The van der Waals surface area contributed by atoms with Crippen LogP contribution in [0.5, 0.6) is 0 Å². The third-order valence-electron chi connectivity index (χ3n) is 5.44. The molecule has 0 radical (unpaired) electrons. The summed E-state index contributed by atoms with van der Waals surface area (Å²) >= 11 is 6.21. The molecular formula is C25H24ClN3O3S. The Morgan fingerprint density at radius 1 is 0.970 bits per heavy atom. The second-order valence-corrected chi connectivity index (χ2v) is 10.1. The number of rotatable bonds is 8. The molecule has 1 aromatic heterocycles. The van der Waals surface area contributed by atoms with Crippen LogP contribution < -0.4 is 9.62 Å². The minimum absolute atomic E-state index is 0.106. The van der Waals surface area contributed by atoms with Crippen molar-refractivity contribution in [3.05, 3.63) is 101 Å². The van der Waals surface area contributed by atoms with Crippen LogP contribution in [0.4, 0.5) is 5.69 Å². The van der Waals surface area contributed by atoms with Crippen molar-refractivity contribution in [3.63, 3.8) is 0 Å². The number of carbonyl (C=O) groups excluding carboxylic acids is 1. The Bertz CT molecular complexity index is 1380. The van der Waals surface area contributed by atoms with Crippen LogP contribution in [0.2, 0.25) is 5.02 Å². The Kier molecular flexibility index (Phi) is 6.72. The van der Waals surface area contributed by atoms with Gasteiger partial charge < -0.3 is 10.3 Å². The molecule has 4 rings (SSSR count). The highest BCUT2D eigenvalue weighted by atomic mass is 35.5. The SMILES string of the molecule is CS(=O)(=O)N(Cc1ccccc1Cl)c1ccc(C(=O)NCCc2c[nH]c3ccccc23)cc1. The number of anilines is 1. The van der Waals surface area contributed by atoms with Crippen molar-refractivity contribution in [2.75, 3.05) is 17.1 Å². The van der Waals surface area contributed by atoms with Gasteiger partial charge in [0.15, 0.2) is 0 Å². The lowest BCUT2D eigenvalue weighted by molar-refractivity contribution is 0.0954. The average molecular weight is 482 g/mol. The number of sulfonamides is 1. The van der Waals surface area contributed by atoms with Gasteiger partial charge in [-0.05, 0) is 53.9 Å². The van der Waals surface area contributed by atoms with E-state index in [1.165, 1.54) is 4.31 Å². The molecule has 0 aliphatic rings. The van der Waals surface area contributed by atoms with Crippen LogP contribution in [0, 0.1) is 0 Å². The lowest BCUT2D eigenvalue weighted by atomic mass is 10.1. The van der Waals surface area contributed by atoms with Gasteiger partial charge in [-0.25, -0.2) is 8.42 Å². The number of nitrogens with zero attached hydrogens (tertiary/aromatic N) is 1. The van der Waals surface area contributed by atoms with Gasteiger partial charge >= 0.3 is 0 Å². The topological polar surface area (TPSA) is 82.3 Å². The number of fused-ring (bicyclic) bond motifs is 1. The van der Waals surface area contributed by atoms with Gasteiger partial charge in [-0.3, -0.25) is 9.10 Å². The summed E-state index contributed by atoms with van der Waals surface area (Å²) < 4.78 is 26.1. The van der Waals surface area contributed by atoms with Crippen molar-refractivity contribution in [1.82, 2.24) is 10.3 Å². The van der Waals surface area contributed by atoms with E-state index in [0.717, 1.165) is 22.7 Å². The van der Waals surface area contributed by atoms with E-state index in [9.17, 15) is 13.2 Å². The normalized spacial score (nSPS) is 11.5. The van der Waals surface area contributed by atoms with Crippen LogP contribution in [-0.4, -0.2) is 32.1 Å². The molecule has 8 heteroatoms. The van der Waals surface area contributed by atoms with Crippen LogP contribution in [0.15, 0.2) is 79.0 Å². The third kappa shape index (κ3) is 5.38. The van der Waals surface area contributed by atoms with Crippen molar-refractivity contribution >= 4 is 44.1 Å². The quantitative estimate of drug-likeness (QED) is 0.380. The number of carbonyl (C=O) groups is 1. The molecule has 2 N–H and O–H groups in total. The molecule has 0 unspecified atom stereocenters. The predicted octanol–water partition coefficient (Wildman–Crippen LogP) is 4.76. The van der Waals surface area contributed by atoms with Gasteiger partial charge in [-0.2, -0.15) is 0 Å². The first-order chi connectivity index (χ1) is 15.8. The van der Waals surface area contributed by atoms with E-state index < -0.39 is 10.0 Å². The van der Waals surface area contributed by atoms with E-state index in [1.54, 1.807) is 42.5 Å². The number of hydrogen-bond donors (Lipinski definition) is 2. The van der Waals surface area contributed by atoms with Gasteiger partial charge in [-0.1, -0.05) is 48.0 Å².